The van der Waals surface area contributed by atoms with Crippen LogP contribution >= 0.6 is 0 Å². The van der Waals surface area contributed by atoms with Crippen molar-refractivity contribution in [2.45, 2.75) is 74.3 Å². The molecule has 10 heteroatoms. The largest absolute Gasteiger partial charge is 0.501 e. The van der Waals surface area contributed by atoms with Gasteiger partial charge in [-0.25, -0.2) is 17.2 Å². The van der Waals surface area contributed by atoms with Crippen LogP contribution in [0.15, 0.2) is 17.0 Å². The molecular weight excluding hydrogens is 419 g/mol. The Morgan fingerprint density at radius 1 is 1.14 bits per heavy atom. The van der Waals surface area contributed by atoms with Crippen LogP contribution in [0.5, 0.6) is 0 Å². The average molecular weight is 440 g/mol. The number of Topliss-reactive ketones (excluding diaryl/α,β-unsaturated/α-hetero) is 1. The number of benzene rings is 1. The van der Waals surface area contributed by atoms with Gasteiger partial charge in [-0.3, -0.25) is 4.79 Å². The van der Waals surface area contributed by atoms with Crippen LogP contribution in [0, 0.1) is 5.41 Å². The third-order valence-electron chi connectivity index (χ3n) is 5.96. The van der Waals surface area contributed by atoms with E-state index in [2.05, 4.69) is 0 Å². The van der Waals surface area contributed by atoms with Gasteiger partial charge in [0.05, 0.1) is 4.90 Å². The van der Waals surface area contributed by atoms with E-state index in [0.717, 1.165) is 6.07 Å². The van der Waals surface area contributed by atoms with Crippen molar-refractivity contribution in [2.24, 2.45) is 5.41 Å². The minimum atomic E-state index is -5.95. The summed E-state index contributed by atoms with van der Waals surface area (Å²) in [6.07, 6.45) is -2.13. The molecule has 2 aliphatic rings. The van der Waals surface area contributed by atoms with Gasteiger partial charge in [0.1, 0.15) is 11.9 Å². The summed E-state index contributed by atoms with van der Waals surface area (Å²) in [6.45, 7) is 3.92. The van der Waals surface area contributed by atoms with E-state index in [0.29, 0.717) is 25.3 Å². The average Bonchev–Trinajstić information content (AvgIpc) is 2.72. The second-order valence-corrected chi connectivity index (χ2v) is 10.5. The summed E-state index contributed by atoms with van der Waals surface area (Å²) < 4.78 is 91.4. The van der Waals surface area contributed by atoms with Crippen molar-refractivity contribution in [3.63, 3.8) is 0 Å². The molecule has 4 nitrogen and oxygen atoms in total. The van der Waals surface area contributed by atoms with Crippen molar-refractivity contribution >= 4 is 15.6 Å². The number of ketones is 1. The summed E-state index contributed by atoms with van der Waals surface area (Å²) in [5, 5.41) is 9.98. The van der Waals surface area contributed by atoms with Gasteiger partial charge < -0.3 is 5.11 Å². The van der Waals surface area contributed by atoms with E-state index in [1.54, 1.807) is 0 Å². The summed E-state index contributed by atoms with van der Waals surface area (Å²) in [5.74, 6) is -4.88. The second kappa shape index (κ2) is 6.73. The van der Waals surface area contributed by atoms with Crippen LogP contribution in [0.25, 0.3) is 0 Å². The van der Waals surface area contributed by atoms with Gasteiger partial charge in [-0.15, -0.1) is 0 Å². The topological polar surface area (TPSA) is 71.4 Å². The number of fused-ring (bicyclic) bond motifs is 1. The Morgan fingerprint density at radius 2 is 1.76 bits per heavy atom. The van der Waals surface area contributed by atoms with Crippen molar-refractivity contribution in [3.8, 4) is 0 Å². The summed E-state index contributed by atoms with van der Waals surface area (Å²) in [5.41, 5.74) is -7.09. The fraction of sp³-hybridized carbons (Fsp3) is 0.632. The molecular formula is C19H21F5O4S. The van der Waals surface area contributed by atoms with Gasteiger partial charge in [0.2, 0.25) is 0 Å². The summed E-state index contributed by atoms with van der Waals surface area (Å²) in [6, 6.07) is 1.61. The molecule has 0 bridgehead atoms. The molecule has 162 valence electrons. The van der Waals surface area contributed by atoms with Crippen LogP contribution in [0.1, 0.15) is 68.2 Å². The Hall–Kier alpha value is -1.55. The van der Waals surface area contributed by atoms with Crippen LogP contribution in [-0.2, 0) is 21.1 Å². The highest BCUT2D eigenvalue weighted by molar-refractivity contribution is 7.92. The fourth-order valence-electron chi connectivity index (χ4n) is 4.17. The highest BCUT2D eigenvalue weighted by atomic mass is 32.2. The zero-order valence-corrected chi connectivity index (χ0v) is 16.6. The standard InChI is InChI=1S/C19H21F5O4S/c1-17(2)7-5-11(13(25)6-8-17)10-3-4-14(29(27,28)19(22,23)24)15-12(10)9-18(20,21)16(15)26/h3-4,11,16,26H,5-9H2,1-2H3/t11-,16-/m0/s1. The van der Waals surface area contributed by atoms with Gasteiger partial charge in [-0.05, 0) is 41.9 Å². The number of aliphatic hydroxyl groups excluding tert-OH is 1. The maximum Gasteiger partial charge on any atom is 0.501 e. The van der Waals surface area contributed by atoms with Gasteiger partial charge in [0, 0.05) is 24.3 Å². The van der Waals surface area contributed by atoms with Gasteiger partial charge in [0.25, 0.3) is 15.8 Å². The Morgan fingerprint density at radius 3 is 2.34 bits per heavy atom. The minimum absolute atomic E-state index is 0.0834. The zero-order valence-electron chi connectivity index (χ0n) is 15.8. The molecule has 29 heavy (non-hydrogen) atoms. The number of rotatable bonds is 2. The molecule has 0 aromatic heterocycles. The summed E-state index contributed by atoms with van der Waals surface area (Å²) >= 11 is 0. The zero-order chi connectivity index (χ0) is 22.0. The maximum atomic E-state index is 14.2. The third kappa shape index (κ3) is 3.69. The third-order valence-corrected chi connectivity index (χ3v) is 7.50. The van der Waals surface area contributed by atoms with Crippen LogP contribution < -0.4 is 0 Å². The molecule has 2 aliphatic carbocycles. The van der Waals surface area contributed by atoms with Crippen molar-refractivity contribution < 1.29 is 40.3 Å². The Bertz CT molecular complexity index is 950. The lowest BCUT2D eigenvalue weighted by Gasteiger charge is -2.22. The molecule has 1 N–H and O–H groups in total. The smallest absolute Gasteiger partial charge is 0.382 e. The first-order valence-corrected chi connectivity index (χ1v) is 10.6. The molecule has 3 rings (SSSR count). The van der Waals surface area contributed by atoms with Crippen LogP contribution in [0.4, 0.5) is 22.0 Å². The van der Waals surface area contributed by atoms with Gasteiger partial charge in [-0.1, -0.05) is 19.9 Å². The predicted octanol–water partition coefficient (Wildman–Crippen LogP) is 4.46. The molecule has 0 unspecified atom stereocenters. The number of halogens is 5. The molecule has 0 heterocycles. The lowest BCUT2D eigenvalue weighted by atomic mass is 9.83. The molecule has 0 spiro atoms. The highest BCUT2D eigenvalue weighted by Gasteiger charge is 2.55. The highest BCUT2D eigenvalue weighted by Crippen LogP contribution is 2.51. The first kappa shape index (κ1) is 22.1. The number of hydrogen-bond acceptors (Lipinski definition) is 4. The SMILES string of the molecule is CC1(C)CCC(=O)[C@H](c2ccc(S(=O)(=O)C(F)(F)F)c3c2CC(F)(F)[C@H]3O)CC1. The molecule has 1 saturated carbocycles. The number of carbonyl (C=O) groups excluding carboxylic acids is 1. The van der Waals surface area contributed by atoms with E-state index < -0.39 is 50.2 Å². The molecule has 0 amide bonds. The van der Waals surface area contributed by atoms with Crippen molar-refractivity contribution in [1.29, 1.82) is 0 Å². The lowest BCUT2D eigenvalue weighted by molar-refractivity contribution is -0.120. The Kier molecular flexibility index (Phi) is 5.14. The van der Waals surface area contributed by atoms with Gasteiger partial charge in [0.15, 0.2) is 0 Å². The van der Waals surface area contributed by atoms with Crippen molar-refractivity contribution in [3.05, 3.63) is 28.8 Å². The number of sulfone groups is 1. The quantitative estimate of drug-likeness (QED) is 0.545. The molecule has 1 aromatic rings. The summed E-state index contributed by atoms with van der Waals surface area (Å²) in [4.78, 5) is 11.3. The number of aliphatic hydroxyl groups is 1. The molecule has 0 radical (unpaired) electrons. The van der Waals surface area contributed by atoms with E-state index in [4.69, 9.17) is 0 Å². The molecule has 0 aliphatic heterocycles. The van der Waals surface area contributed by atoms with Crippen molar-refractivity contribution in [2.75, 3.05) is 0 Å². The first-order valence-electron chi connectivity index (χ1n) is 9.14. The van der Waals surface area contributed by atoms with E-state index in [1.165, 1.54) is 0 Å². The monoisotopic (exact) mass is 440 g/mol. The summed E-state index contributed by atoms with van der Waals surface area (Å²) in [7, 11) is -5.95. The normalized spacial score (nSPS) is 26.8. The van der Waals surface area contributed by atoms with Gasteiger partial charge >= 0.3 is 5.51 Å². The van der Waals surface area contributed by atoms with E-state index in [9.17, 15) is 40.3 Å². The Labute approximate surface area is 165 Å². The first-order chi connectivity index (χ1) is 13.1. The predicted molar refractivity (Wildman–Crippen MR) is 93.3 cm³/mol. The molecule has 1 aromatic carbocycles. The van der Waals surface area contributed by atoms with E-state index in [-0.39, 0.29) is 28.7 Å². The molecule has 2 atom stereocenters. The number of hydrogen-bond donors (Lipinski definition) is 1. The van der Waals surface area contributed by atoms with Crippen LogP contribution in [0.2, 0.25) is 0 Å². The van der Waals surface area contributed by atoms with E-state index in [1.807, 2.05) is 13.8 Å². The molecule has 0 saturated heterocycles. The minimum Gasteiger partial charge on any atom is -0.382 e. The van der Waals surface area contributed by atoms with E-state index >= 15 is 0 Å². The molecule has 1 fully saturated rings. The Balaban J connectivity index is 2.20. The fourth-order valence-corrected chi connectivity index (χ4v) is 5.19. The van der Waals surface area contributed by atoms with Crippen LogP contribution in [-0.4, -0.2) is 30.7 Å². The second-order valence-electron chi connectivity index (χ2n) is 8.56. The van der Waals surface area contributed by atoms with Crippen LogP contribution in [0.3, 0.4) is 0 Å². The number of alkyl halides is 5. The number of carbonyl (C=O) groups is 1. The van der Waals surface area contributed by atoms with Crippen molar-refractivity contribution in [1.82, 2.24) is 0 Å². The lowest BCUT2D eigenvalue weighted by Crippen LogP contribution is -2.26. The van der Waals surface area contributed by atoms with Gasteiger partial charge in [-0.2, -0.15) is 13.2 Å². The maximum absolute atomic E-state index is 14.2.